The van der Waals surface area contributed by atoms with E-state index < -0.39 is 6.43 Å². The monoisotopic (exact) mass is 550 g/mol. The maximum absolute atomic E-state index is 12.9. The van der Waals surface area contributed by atoms with Crippen molar-refractivity contribution in [3.63, 3.8) is 0 Å². The highest BCUT2D eigenvalue weighted by Gasteiger charge is 2.39. The number of carbonyl (C=O) groups excluding carboxylic acids is 1. The standard InChI is InChI=1S/C26H28F2N10O2/c1-16-22(38(34-31-16)19-5-3-17(4-6-19)25(27)28)15-40-24-8-7-23(32-33-24)37-10-9-36-13-20(18-11-29-35(2)12-18)30-26(39)21(36)14-37/h3-8,11-12,20-21,25H,9-10,13-15H2,1-2H3,(H,30,39)/t20?,21-/m0/s1. The van der Waals surface area contributed by atoms with Crippen LogP contribution in [0, 0.1) is 6.92 Å². The second-order valence-electron chi connectivity index (χ2n) is 9.91. The first-order chi connectivity index (χ1) is 19.4. The van der Waals surface area contributed by atoms with E-state index in [9.17, 15) is 13.6 Å². The number of nitrogens with zero attached hydrogens (tertiary/aromatic N) is 9. The molecule has 0 radical (unpaired) electrons. The number of amides is 1. The average molecular weight is 551 g/mol. The summed E-state index contributed by atoms with van der Waals surface area (Å²) in [5.74, 6) is 0.968. The lowest BCUT2D eigenvalue weighted by Gasteiger charge is -2.45. The molecule has 40 heavy (non-hydrogen) atoms. The molecule has 0 saturated carbocycles. The molecule has 2 atom stereocenters. The predicted octanol–water partition coefficient (Wildman–Crippen LogP) is 1.98. The Morgan fingerprint density at radius 3 is 2.60 bits per heavy atom. The molecule has 1 N–H and O–H groups in total. The van der Waals surface area contributed by atoms with Crippen molar-refractivity contribution in [2.75, 3.05) is 31.1 Å². The highest BCUT2D eigenvalue weighted by atomic mass is 19.3. The van der Waals surface area contributed by atoms with Crippen molar-refractivity contribution in [1.82, 2.24) is 45.2 Å². The van der Waals surface area contributed by atoms with Gasteiger partial charge in [0.1, 0.15) is 18.3 Å². The van der Waals surface area contributed by atoms with Gasteiger partial charge in [-0.25, -0.2) is 13.5 Å². The molecule has 2 aliphatic rings. The van der Waals surface area contributed by atoms with Gasteiger partial charge in [0.15, 0.2) is 5.82 Å². The summed E-state index contributed by atoms with van der Waals surface area (Å²) in [6.07, 6.45) is 1.18. The summed E-state index contributed by atoms with van der Waals surface area (Å²) >= 11 is 0. The molecular weight excluding hydrogens is 522 g/mol. The maximum atomic E-state index is 12.9. The Bertz CT molecular complexity index is 1490. The Morgan fingerprint density at radius 1 is 1.07 bits per heavy atom. The van der Waals surface area contributed by atoms with Crippen LogP contribution in [-0.2, 0) is 18.4 Å². The lowest BCUT2D eigenvalue weighted by molar-refractivity contribution is -0.131. The Labute approximate surface area is 228 Å². The molecule has 2 aliphatic heterocycles. The first-order valence-electron chi connectivity index (χ1n) is 12.9. The number of aryl methyl sites for hydroxylation is 2. The van der Waals surface area contributed by atoms with Gasteiger partial charge in [0.2, 0.25) is 11.8 Å². The summed E-state index contributed by atoms with van der Waals surface area (Å²) in [6.45, 7) is 4.59. The van der Waals surface area contributed by atoms with Crippen molar-refractivity contribution < 1.29 is 18.3 Å². The van der Waals surface area contributed by atoms with E-state index in [2.05, 4.69) is 35.8 Å². The number of fused-ring (bicyclic) bond motifs is 1. The summed E-state index contributed by atoms with van der Waals surface area (Å²) in [5.41, 5.74) is 2.85. The largest absolute Gasteiger partial charge is 0.470 e. The third kappa shape index (κ3) is 5.09. The maximum Gasteiger partial charge on any atom is 0.263 e. The SMILES string of the molecule is Cc1nnn(-c2ccc(C(F)F)cc2)c1COc1ccc(N2CCN3CC(c4cnn(C)c4)NC(=O)[C@@H]3C2)nn1. The van der Waals surface area contributed by atoms with Crippen LogP contribution in [0.4, 0.5) is 14.6 Å². The van der Waals surface area contributed by atoms with Crippen LogP contribution in [0.1, 0.15) is 35.0 Å². The third-order valence-corrected chi connectivity index (χ3v) is 7.31. The molecule has 1 amide bonds. The molecule has 0 spiro atoms. The van der Waals surface area contributed by atoms with Crippen molar-refractivity contribution >= 4 is 11.7 Å². The van der Waals surface area contributed by atoms with Crippen LogP contribution >= 0.6 is 0 Å². The molecule has 0 aliphatic carbocycles. The first kappa shape index (κ1) is 25.8. The summed E-state index contributed by atoms with van der Waals surface area (Å²) in [7, 11) is 1.86. The molecule has 4 aromatic rings. The number of aromatic nitrogens is 7. The van der Waals surface area contributed by atoms with Crippen LogP contribution in [0.15, 0.2) is 48.8 Å². The number of carbonyl (C=O) groups is 1. The van der Waals surface area contributed by atoms with Crippen LogP contribution in [-0.4, -0.2) is 78.0 Å². The summed E-state index contributed by atoms with van der Waals surface area (Å²) in [5, 5.41) is 24.1. The van der Waals surface area contributed by atoms with Gasteiger partial charge >= 0.3 is 0 Å². The lowest BCUT2D eigenvalue weighted by atomic mass is 10.0. The van der Waals surface area contributed by atoms with Crippen molar-refractivity contribution in [2.24, 2.45) is 7.05 Å². The Hall–Kier alpha value is -4.46. The number of benzene rings is 1. The van der Waals surface area contributed by atoms with E-state index >= 15 is 0 Å². The Balaban J connectivity index is 1.08. The van der Waals surface area contributed by atoms with Gasteiger partial charge in [-0.3, -0.25) is 14.4 Å². The fourth-order valence-corrected chi connectivity index (χ4v) is 5.06. The Kier molecular flexibility index (Phi) is 6.84. The number of nitrogens with one attached hydrogen (secondary N) is 1. The third-order valence-electron chi connectivity index (χ3n) is 7.31. The van der Waals surface area contributed by atoms with Crippen molar-refractivity contribution in [2.45, 2.75) is 32.0 Å². The summed E-state index contributed by atoms with van der Waals surface area (Å²) < 4.78 is 35.0. The van der Waals surface area contributed by atoms with Gasteiger partial charge in [-0.2, -0.15) is 5.10 Å². The van der Waals surface area contributed by atoms with Crippen molar-refractivity contribution in [3.05, 3.63) is 71.3 Å². The van der Waals surface area contributed by atoms with Crippen LogP contribution < -0.4 is 15.0 Å². The van der Waals surface area contributed by atoms with Gasteiger partial charge in [-0.15, -0.1) is 15.3 Å². The minimum atomic E-state index is -2.54. The smallest absolute Gasteiger partial charge is 0.263 e. The molecule has 5 heterocycles. The number of piperazine rings is 2. The predicted molar refractivity (Wildman–Crippen MR) is 139 cm³/mol. The zero-order chi connectivity index (χ0) is 27.8. The van der Waals surface area contributed by atoms with Crippen LogP contribution in [0.5, 0.6) is 5.88 Å². The Morgan fingerprint density at radius 2 is 1.90 bits per heavy atom. The molecule has 2 saturated heterocycles. The molecule has 1 aromatic carbocycles. The van der Waals surface area contributed by atoms with Gasteiger partial charge in [0, 0.05) is 56.6 Å². The molecule has 2 fully saturated rings. The number of halogens is 2. The minimum absolute atomic E-state index is 0.0119. The van der Waals surface area contributed by atoms with Gasteiger partial charge in [-0.05, 0) is 25.1 Å². The molecule has 6 rings (SSSR count). The molecule has 1 unspecified atom stereocenters. The van der Waals surface area contributed by atoms with E-state index in [0.717, 1.165) is 18.7 Å². The normalized spacial score (nSPS) is 19.5. The van der Waals surface area contributed by atoms with Gasteiger partial charge < -0.3 is 15.0 Å². The van der Waals surface area contributed by atoms with Crippen LogP contribution in [0.25, 0.3) is 5.69 Å². The van der Waals surface area contributed by atoms with E-state index in [1.54, 1.807) is 40.7 Å². The number of hydrogen-bond acceptors (Lipinski definition) is 9. The number of ether oxygens (including phenoxy) is 1. The number of alkyl halides is 2. The number of rotatable bonds is 7. The molecule has 14 heteroatoms. The quantitative estimate of drug-likeness (QED) is 0.368. The summed E-state index contributed by atoms with van der Waals surface area (Å²) in [6, 6.07) is 9.07. The van der Waals surface area contributed by atoms with E-state index in [4.69, 9.17) is 4.74 Å². The molecular formula is C26H28F2N10O2. The second-order valence-corrected chi connectivity index (χ2v) is 9.91. The van der Waals surface area contributed by atoms with E-state index in [0.29, 0.717) is 41.9 Å². The molecule has 208 valence electrons. The topological polar surface area (TPSA) is 119 Å². The fraction of sp³-hybridized carbons (Fsp3) is 0.385. The lowest BCUT2D eigenvalue weighted by Crippen LogP contribution is -2.64. The highest BCUT2D eigenvalue weighted by molar-refractivity contribution is 5.84. The summed E-state index contributed by atoms with van der Waals surface area (Å²) in [4.78, 5) is 17.2. The zero-order valence-electron chi connectivity index (χ0n) is 22.0. The molecule has 0 bridgehead atoms. The fourth-order valence-electron chi connectivity index (χ4n) is 5.06. The van der Waals surface area contributed by atoms with Crippen molar-refractivity contribution in [1.29, 1.82) is 0 Å². The first-order valence-corrected chi connectivity index (χ1v) is 12.9. The van der Waals surface area contributed by atoms with E-state index in [1.807, 2.05) is 24.2 Å². The van der Waals surface area contributed by atoms with Crippen LogP contribution in [0.3, 0.4) is 0 Å². The van der Waals surface area contributed by atoms with Crippen LogP contribution in [0.2, 0.25) is 0 Å². The zero-order valence-corrected chi connectivity index (χ0v) is 22.0. The molecule has 12 nitrogen and oxygen atoms in total. The van der Waals surface area contributed by atoms with E-state index in [1.165, 1.54) is 12.1 Å². The second kappa shape index (κ2) is 10.6. The van der Waals surface area contributed by atoms with E-state index in [-0.39, 0.29) is 30.2 Å². The highest BCUT2D eigenvalue weighted by Crippen LogP contribution is 2.26. The average Bonchev–Trinajstić information content (AvgIpc) is 3.57. The number of hydrogen-bond donors (Lipinski definition) is 1. The van der Waals surface area contributed by atoms with Gasteiger partial charge in [-0.1, -0.05) is 17.3 Å². The van der Waals surface area contributed by atoms with Crippen molar-refractivity contribution in [3.8, 4) is 11.6 Å². The van der Waals surface area contributed by atoms with Gasteiger partial charge in [0.05, 0.1) is 23.6 Å². The van der Waals surface area contributed by atoms with Gasteiger partial charge in [0.25, 0.3) is 6.43 Å². The molecule has 3 aromatic heterocycles. The number of anilines is 1. The minimum Gasteiger partial charge on any atom is -0.470 e.